The molecule has 2 saturated heterocycles. The molecule has 1 aromatic carbocycles. The molecule has 3 heterocycles. The Morgan fingerprint density at radius 2 is 1.79 bits per heavy atom. The number of hydrogen-bond acceptors (Lipinski definition) is 6. The fourth-order valence-electron chi connectivity index (χ4n) is 4.22. The first-order valence-electron chi connectivity index (χ1n) is 10.1. The van der Waals surface area contributed by atoms with Gasteiger partial charge in [0.15, 0.2) is 11.9 Å². The summed E-state index contributed by atoms with van der Waals surface area (Å²) in [5, 5.41) is 0. The molecule has 0 spiro atoms. The maximum Gasteiger partial charge on any atom is 0.329 e. The molecule has 1 aromatic rings. The SMILES string of the molecule is C[C@H](OC(=O)[C@@H]1CCCCN1C1=NS(=O)(=O)c2ccccc21)C(=O)N1CCCC1. The molecule has 4 rings (SSSR count). The number of benzene rings is 1. The first-order valence-corrected chi connectivity index (χ1v) is 11.5. The van der Waals surface area contributed by atoms with Crippen molar-refractivity contribution in [2.45, 2.75) is 56.1 Å². The lowest BCUT2D eigenvalue weighted by molar-refractivity contribution is -0.162. The molecule has 0 bridgehead atoms. The number of esters is 1. The summed E-state index contributed by atoms with van der Waals surface area (Å²) in [6.45, 7) is 3.50. The molecule has 0 radical (unpaired) electrons. The van der Waals surface area contributed by atoms with Crippen molar-refractivity contribution in [1.29, 1.82) is 0 Å². The number of amidine groups is 1. The molecule has 2 fully saturated rings. The molecule has 8 nitrogen and oxygen atoms in total. The van der Waals surface area contributed by atoms with Crippen LogP contribution in [-0.4, -0.2) is 67.7 Å². The van der Waals surface area contributed by atoms with Crippen molar-refractivity contribution in [1.82, 2.24) is 9.80 Å². The second-order valence-corrected chi connectivity index (χ2v) is 9.28. The molecule has 1 amide bonds. The van der Waals surface area contributed by atoms with E-state index >= 15 is 0 Å². The van der Waals surface area contributed by atoms with Crippen LogP contribution in [-0.2, 0) is 24.3 Å². The minimum Gasteiger partial charge on any atom is -0.451 e. The quantitative estimate of drug-likeness (QED) is 0.690. The van der Waals surface area contributed by atoms with Crippen molar-refractivity contribution >= 4 is 27.7 Å². The topological polar surface area (TPSA) is 96.3 Å². The molecular formula is C20H25N3O5S. The summed E-state index contributed by atoms with van der Waals surface area (Å²) in [5.41, 5.74) is 0.508. The normalized spacial score (nSPS) is 24.0. The van der Waals surface area contributed by atoms with E-state index in [0.29, 0.717) is 37.5 Å². The maximum atomic E-state index is 12.9. The van der Waals surface area contributed by atoms with Gasteiger partial charge < -0.3 is 14.5 Å². The Labute approximate surface area is 170 Å². The zero-order valence-electron chi connectivity index (χ0n) is 16.4. The van der Waals surface area contributed by atoms with E-state index < -0.39 is 28.1 Å². The number of piperidine rings is 1. The van der Waals surface area contributed by atoms with Gasteiger partial charge in [-0.2, -0.15) is 8.42 Å². The first kappa shape index (κ1) is 19.9. The fourth-order valence-corrected chi connectivity index (χ4v) is 5.44. The van der Waals surface area contributed by atoms with Crippen LogP contribution in [0.4, 0.5) is 0 Å². The molecular weight excluding hydrogens is 394 g/mol. The molecule has 0 N–H and O–H groups in total. The predicted octanol–water partition coefficient (Wildman–Crippen LogP) is 1.54. The van der Waals surface area contributed by atoms with Crippen LogP contribution in [0.15, 0.2) is 33.6 Å². The maximum absolute atomic E-state index is 12.9. The molecule has 29 heavy (non-hydrogen) atoms. The average Bonchev–Trinajstić information content (AvgIpc) is 3.34. The number of hydrogen-bond donors (Lipinski definition) is 0. The molecule has 0 unspecified atom stereocenters. The van der Waals surface area contributed by atoms with Gasteiger partial charge in [-0.25, -0.2) is 4.79 Å². The molecule has 0 saturated carbocycles. The second kappa shape index (κ2) is 7.78. The van der Waals surface area contributed by atoms with Crippen molar-refractivity contribution < 1.29 is 22.7 Å². The van der Waals surface area contributed by atoms with Crippen LogP contribution in [0, 0.1) is 0 Å². The van der Waals surface area contributed by atoms with Gasteiger partial charge in [0.25, 0.3) is 15.9 Å². The Bertz CT molecular complexity index is 953. The van der Waals surface area contributed by atoms with E-state index in [-0.39, 0.29) is 10.8 Å². The third-order valence-corrected chi connectivity index (χ3v) is 7.04. The zero-order chi connectivity index (χ0) is 20.6. The monoisotopic (exact) mass is 419 g/mol. The molecule has 9 heteroatoms. The highest BCUT2D eigenvalue weighted by Gasteiger charge is 2.39. The number of carbonyl (C=O) groups is 2. The Morgan fingerprint density at radius 3 is 2.55 bits per heavy atom. The van der Waals surface area contributed by atoms with Gasteiger partial charge in [0.2, 0.25) is 0 Å². The van der Waals surface area contributed by atoms with E-state index in [2.05, 4.69) is 4.40 Å². The van der Waals surface area contributed by atoms with Gasteiger partial charge >= 0.3 is 5.97 Å². The van der Waals surface area contributed by atoms with E-state index in [0.717, 1.165) is 25.7 Å². The average molecular weight is 420 g/mol. The second-order valence-electron chi connectivity index (χ2n) is 7.70. The van der Waals surface area contributed by atoms with Gasteiger partial charge in [0.05, 0.1) is 0 Å². The lowest BCUT2D eigenvalue weighted by Gasteiger charge is -2.36. The van der Waals surface area contributed by atoms with Crippen LogP contribution in [0.2, 0.25) is 0 Å². The van der Waals surface area contributed by atoms with Gasteiger partial charge in [-0.05, 0) is 51.2 Å². The van der Waals surface area contributed by atoms with Crippen molar-refractivity contribution in [3.63, 3.8) is 0 Å². The minimum atomic E-state index is -3.77. The van der Waals surface area contributed by atoms with E-state index in [1.807, 2.05) is 0 Å². The zero-order valence-corrected chi connectivity index (χ0v) is 17.2. The van der Waals surface area contributed by atoms with Crippen molar-refractivity contribution in [2.24, 2.45) is 4.40 Å². The van der Waals surface area contributed by atoms with Crippen LogP contribution in [0.1, 0.15) is 44.6 Å². The van der Waals surface area contributed by atoms with Gasteiger partial charge in [-0.3, -0.25) is 4.79 Å². The van der Waals surface area contributed by atoms with Crippen LogP contribution in [0.5, 0.6) is 0 Å². The number of ether oxygens (including phenoxy) is 1. The van der Waals surface area contributed by atoms with Crippen LogP contribution >= 0.6 is 0 Å². The largest absolute Gasteiger partial charge is 0.451 e. The van der Waals surface area contributed by atoms with E-state index in [9.17, 15) is 18.0 Å². The van der Waals surface area contributed by atoms with Crippen LogP contribution in [0.3, 0.4) is 0 Å². The highest BCUT2D eigenvalue weighted by atomic mass is 32.2. The lowest BCUT2D eigenvalue weighted by atomic mass is 10.0. The fraction of sp³-hybridized carbons (Fsp3) is 0.550. The Kier molecular flexibility index (Phi) is 5.33. The number of carbonyl (C=O) groups excluding carboxylic acids is 2. The summed E-state index contributed by atoms with van der Waals surface area (Å²) in [5.74, 6) is -0.390. The van der Waals surface area contributed by atoms with Gasteiger partial charge in [0.1, 0.15) is 10.9 Å². The van der Waals surface area contributed by atoms with Gasteiger partial charge in [-0.1, -0.05) is 12.1 Å². The highest BCUT2D eigenvalue weighted by molar-refractivity contribution is 7.90. The number of amides is 1. The van der Waals surface area contributed by atoms with Crippen LogP contribution < -0.4 is 0 Å². The van der Waals surface area contributed by atoms with E-state index in [4.69, 9.17) is 4.74 Å². The van der Waals surface area contributed by atoms with Gasteiger partial charge in [-0.15, -0.1) is 4.40 Å². The lowest BCUT2D eigenvalue weighted by Crippen LogP contribution is -2.50. The number of sulfonamides is 1. The third kappa shape index (κ3) is 3.75. The number of nitrogens with zero attached hydrogens (tertiary/aromatic N) is 3. The molecule has 3 aliphatic rings. The molecule has 0 aromatic heterocycles. The first-order chi connectivity index (χ1) is 13.9. The Morgan fingerprint density at radius 1 is 1.10 bits per heavy atom. The van der Waals surface area contributed by atoms with Crippen LogP contribution in [0.25, 0.3) is 0 Å². The highest BCUT2D eigenvalue weighted by Crippen LogP contribution is 2.31. The minimum absolute atomic E-state index is 0.158. The number of rotatable bonds is 3. The Balaban J connectivity index is 1.54. The molecule has 3 aliphatic heterocycles. The standard InChI is InChI=1S/C20H25N3O5S/c1-14(19(24)22-11-6-7-12-22)28-20(25)16-9-4-5-13-23(16)18-15-8-2-3-10-17(15)29(26,27)21-18/h2-3,8,10,14,16H,4-7,9,11-13H2,1H3/t14-,16-/m0/s1. The Hall–Kier alpha value is -2.42. The van der Waals surface area contributed by atoms with Crippen molar-refractivity contribution in [3.8, 4) is 0 Å². The summed E-state index contributed by atoms with van der Waals surface area (Å²) in [6, 6.07) is 5.98. The number of fused-ring (bicyclic) bond motifs is 1. The summed E-state index contributed by atoms with van der Waals surface area (Å²) in [4.78, 5) is 29.0. The van der Waals surface area contributed by atoms with Crippen molar-refractivity contribution in [2.75, 3.05) is 19.6 Å². The summed E-state index contributed by atoms with van der Waals surface area (Å²) >= 11 is 0. The van der Waals surface area contributed by atoms with Gasteiger partial charge in [0, 0.05) is 25.2 Å². The molecule has 0 aliphatic carbocycles. The smallest absolute Gasteiger partial charge is 0.329 e. The predicted molar refractivity (Wildman–Crippen MR) is 106 cm³/mol. The summed E-state index contributed by atoms with van der Waals surface area (Å²) < 4.78 is 34.3. The third-order valence-electron chi connectivity index (χ3n) is 5.72. The molecule has 2 atom stereocenters. The summed E-state index contributed by atoms with van der Waals surface area (Å²) in [6.07, 6.45) is 3.27. The number of likely N-dealkylation sites (tertiary alicyclic amines) is 2. The van der Waals surface area contributed by atoms with E-state index in [1.165, 1.54) is 6.07 Å². The molecule has 156 valence electrons. The summed E-state index contributed by atoms with van der Waals surface area (Å²) in [7, 11) is -3.77. The van der Waals surface area contributed by atoms with Crippen molar-refractivity contribution in [3.05, 3.63) is 29.8 Å². The van der Waals surface area contributed by atoms with E-state index in [1.54, 1.807) is 34.9 Å².